The van der Waals surface area contributed by atoms with Crippen LogP contribution in [0.15, 0.2) is 229 Å². The Bertz CT molecular complexity index is 3940. The van der Waals surface area contributed by atoms with Crippen molar-refractivity contribution in [3.8, 4) is 39.3 Å². The predicted molar refractivity (Wildman–Crippen MR) is 268 cm³/mol. The highest BCUT2D eigenvalue weighted by Crippen LogP contribution is 2.42. The molecule has 0 atom stereocenters. The Morgan fingerprint density at radius 3 is 1.16 bits per heavy atom. The minimum atomic E-state index is 0.914. The van der Waals surface area contributed by atoms with Crippen LogP contribution in [0.25, 0.3) is 127 Å². The molecule has 0 N–H and O–H groups in total. The largest absolute Gasteiger partial charge is 0.455 e. The number of hydrogen-bond donors (Lipinski definition) is 0. The first kappa shape index (κ1) is 35.0. The van der Waals surface area contributed by atoms with Crippen LogP contribution in [0.1, 0.15) is 0 Å². The third-order valence-electron chi connectivity index (χ3n) is 13.4. The SMILES string of the molecule is c1ccc2c(c1)oc1c2ccc2c1c1ccccc1n2-c1ccc(-c2ccc(-c3cc(-n4c5ccccc5c5ccccc54)cc(-n4c5ccccc5c5ccccc54)c3)cc2)cc1. The highest BCUT2D eigenvalue weighted by atomic mass is 16.3. The highest BCUT2D eigenvalue weighted by Gasteiger charge is 2.20. The lowest BCUT2D eigenvalue weighted by atomic mass is 9.99. The van der Waals surface area contributed by atoms with Gasteiger partial charge in [-0.15, -0.1) is 0 Å². The summed E-state index contributed by atoms with van der Waals surface area (Å²) in [5, 5.41) is 9.62. The Kier molecular flexibility index (Phi) is 7.36. The van der Waals surface area contributed by atoms with E-state index < -0.39 is 0 Å². The van der Waals surface area contributed by atoms with E-state index in [2.05, 4.69) is 232 Å². The normalized spacial score (nSPS) is 12.1. The molecule has 0 radical (unpaired) electrons. The molecule has 0 saturated heterocycles. The number of para-hydroxylation sites is 6. The molecule has 0 aliphatic carbocycles. The fourth-order valence-corrected chi connectivity index (χ4v) is 10.6. The van der Waals surface area contributed by atoms with Gasteiger partial charge in [-0.25, -0.2) is 0 Å². The fraction of sp³-hybridized carbons (Fsp3) is 0. The zero-order chi connectivity index (χ0) is 41.9. The second-order valence-corrected chi connectivity index (χ2v) is 16.9. The van der Waals surface area contributed by atoms with Crippen molar-refractivity contribution in [3.63, 3.8) is 0 Å². The lowest BCUT2D eigenvalue weighted by Gasteiger charge is -2.16. The monoisotopic (exact) mass is 815 g/mol. The van der Waals surface area contributed by atoms with Crippen molar-refractivity contribution in [3.05, 3.63) is 224 Å². The molecule has 4 heteroatoms. The molecule has 64 heavy (non-hydrogen) atoms. The standard InChI is InChI=1S/C60H37N3O/c1-7-19-52-45(13-1)46-14-2-8-20-53(46)62(52)43-35-41(36-44(37-43)63-54-21-9-3-15-47(54)48-16-4-10-22-55(48)63)40-27-25-38(26-28-40)39-29-31-42(32-30-39)61-56-23-11-5-18-51(56)59-57(61)34-33-50-49-17-6-12-24-58(49)64-60(50)59/h1-37H. The number of nitrogens with zero attached hydrogens (tertiary/aromatic N) is 3. The van der Waals surface area contributed by atoms with Crippen molar-refractivity contribution >= 4 is 87.4 Å². The molecule has 0 amide bonds. The minimum Gasteiger partial charge on any atom is -0.455 e. The highest BCUT2D eigenvalue weighted by molar-refractivity contribution is 6.24. The van der Waals surface area contributed by atoms with Gasteiger partial charge in [-0.3, -0.25) is 0 Å². The maximum Gasteiger partial charge on any atom is 0.145 e. The Morgan fingerprint density at radius 2 is 0.641 bits per heavy atom. The summed E-state index contributed by atoms with van der Waals surface area (Å²) in [5.41, 5.74) is 16.9. The average Bonchev–Trinajstić information content (AvgIpc) is 4.10. The van der Waals surface area contributed by atoms with Gasteiger partial charge in [0.15, 0.2) is 0 Å². The smallest absolute Gasteiger partial charge is 0.145 e. The Morgan fingerprint density at radius 1 is 0.250 bits per heavy atom. The average molecular weight is 816 g/mol. The quantitative estimate of drug-likeness (QED) is 0.170. The van der Waals surface area contributed by atoms with Gasteiger partial charge in [-0.1, -0.05) is 146 Å². The van der Waals surface area contributed by atoms with E-state index in [0.717, 1.165) is 66.5 Å². The number of furan rings is 1. The van der Waals surface area contributed by atoms with E-state index in [1.54, 1.807) is 0 Å². The molecule has 0 aliphatic rings. The Labute approximate surface area is 367 Å². The van der Waals surface area contributed by atoms with Crippen molar-refractivity contribution in [1.82, 2.24) is 13.7 Å². The summed E-state index contributed by atoms with van der Waals surface area (Å²) in [4.78, 5) is 0. The zero-order valence-electron chi connectivity index (χ0n) is 34.6. The van der Waals surface area contributed by atoms with Crippen molar-refractivity contribution in [2.24, 2.45) is 0 Å². The molecule has 4 aromatic heterocycles. The van der Waals surface area contributed by atoms with E-state index >= 15 is 0 Å². The summed E-state index contributed by atoms with van der Waals surface area (Å²) < 4.78 is 13.8. The summed E-state index contributed by atoms with van der Waals surface area (Å²) in [5.74, 6) is 0. The molecule has 10 aromatic carbocycles. The third kappa shape index (κ3) is 5.05. The van der Waals surface area contributed by atoms with Crippen LogP contribution in [-0.4, -0.2) is 13.7 Å². The number of hydrogen-bond acceptors (Lipinski definition) is 1. The molecular formula is C60H37N3O. The number of aromatic nitrogens is 3. The van der Waals surface area contributed by atoms with Gasteiger partial charge < -0.3 is 18.1 Å². The van der Waals surface area contributed by atoms with E-state index in [1.807, 2.05) is 6.07 Å². The van der Waals surface area contributed by atoms with E-state index in [4.69, 9.17) is 4.42 Å². The first-order chi connectivity index (χ1) is 31.7. The summed E-state index contributed by atoms with van der Waals surface area (Å²) in [6, 6.07) is 81.5. The van der Waals surface area contributed by atoms with Crippen molar-refractivity contribution < 1.29 is 4.42 Å². The second-order valence-electron chi connectivity index (χ2n) is 16.9. The maximum absolute atomic E-state index is 6.54. The maximum atomic E-state index is 6.54. The van der Waals surface area contributed by atoms with Crippen LogP contribution in [0.5, 0.6) is 0 Å². The summed E-state index contributed by atoms with van der Waals surface area (Å²) >= 11 is 0. The van der Waals surface area contributed by atoms with E-state index in [9.17, 15) is 0 Å². The first-order valence-electron chi connectivity index (χ1n) is 21.9. The number of rotatable bonds is 5. The van der Waals surface area contributed by atoms with Gasteiger partial charge in [0.25, 0.3) is 0 Å². The van der Waals surface area contributed by atoms with Gasteiger partial charge in [0.05, 0.1) is 38.5 Å². The molecule has 4 heterocycles. The number of benzene rings is 10. The van der Waals surface area contributed by atoms with Crippen molar-refractivity contribution in [1.29, 1.82) is 0 Å². The molecule has 0 spiro atoms. The van der Waals surface area contributed by atoms with Gasteiger partial charge in [-0.2, -0.15) is 0 Å². The summed E-state index contributed by atoms with van der Waals surface area (Å²) in [6.07, 6.45) is 0. The molecule has 0 bridgehead atoms. The Balaban J connectivity index is 0.894. The molecule has 298 valence electrons. The van der Waals surface area contributed by atoms with Crippen LogP contribution in [-0.2, 0) is 0 Å². The molecule has 0 unspecified atom stereocenters. The van der Waals surface area contributed by atoms with E-state index in [1.165, 1.54) is 60.1 Å². The molecule has 0 fully saturated rings. The van der Waals surface area contributed by atoms with Gasteiger partial charge in [0.2, 0.25) is 0 Å². The predicted octanol–water partition coefficient (Wildman–Crippen LogP) is 16.2. The first-order valence-corrected chi connectivity index (χ1v) is 21.9. The Hall–Kier alpha value is -8.60. The van der Waals surface area contributed by atoms with Crippen LogP contribution < -0.4 is 0 Å². The number of fused-ring (bicyclic) bond motifs is 13. The fourth-order valence-electron chi connectivity index (χ4n) is 10.6. The van der Waals surface area contributed by atoms with E-state index in [0.29, 0.717) is 0 Å². The van der Waals surface area contributed by atoms with Gasteiger partial charge >= 0.3 is 0 Å². The van der Waals surface area contributed by atoms with Crippen LogP contribution in [0.2, 0.25) is 0 Å². The van der Waals surface area contributed by atoms with Crippen LogP contribution in [0.3, 0.4) is 0 Å². The lowest BCUT2D eigenvalue weighted by molar-refractivity contribution is 0.673. The lowest BCUT2D eigenvalue weighted by Crippen LogP contribution is -2.00. The molecule has 4 nitrogen and oxygen atoms in total. The second kappa shape index (κ2) is 13.4. The minimum absolute atomic E-state index is 0.914. The molecule has 14 aromatic rings. The molecular weight excluding hydrogens is 779 g/mol. The van der Waals surface area contributed by atoms with E-state index in [-0.39, 0.29) is 0 Å². The van der Waals surface area contributed by atoms with Gasteiger partial charge in [-0.05, 0) is 101 Å². The summed E-state index contributed by atoms with van der Waals surface area (Å²) in [7, 11) is 0. The zero-order valence-corrected chi connectivity index (χ0v) is 34.6. The van der Waals surface area contributed by atoms with Crippen LogP contribution in [0.4, 0.5) is 0 Å². The van der Waals surface area contributed by atoms with Gasteiger partial charge in [0.1, 0.15) is 11.2 Å². The molecule has 0 saturated carbocycles. The van der Waals surface area contributed by atoms with Crippen LogP contribution >= 0.6 is 0 Å². The van der Waals surface area contributed by atoms with Crippen molar-refractivity contribution in [2.75, 3.05) is 0 Å². The molecule has 14 rings (SSSR count). The topological polar surface area (TPSA) is 27.9 Å². The van der Waals surface area contributed by atoms with Crippen molar-refractivity contribution in [2.45, 2.75) is 0 Å². The summed E-state index contributed by atoms with van der Waals surface area (Å²) in [6.45, 7) is 0. The third-order valence-corrected chi connectivity index (χ3v) is 13.4. The van der Waals surface area contributed by atoms with Crippen LogP contribution in [0, 0.1) is 0 Å². The molecule has 0 aliphatic heterocycles. The van der Waals surface area contributed by atoms with Gasteiger partial charge in [0, 0.05) is 54.8 Å².